The molecule has 0 heteroatoms. The van der Waals surface area contributed by atoms with E-state index in [2.05, 4.69) is 32.9 Å². The van der Waals surface area contributed by atoms with Crippen LogP contribution in [0.2, 0.25) is 0 Å². The SMILES string of the molecule is [2H]/C(C=C)=C\C.[2H]C(/C=C/C)=C\C=C.[2H]C1=C(/C=C/C)CCC/C1=C\C=C.[2H]C1=C(C)CCCC1=C.[2H]C1=C(C=C)CCC/C1=C\C. The van der Waals surface area contributed by atoms with Gasteiger partial charge < -0.3 is 0 Å². The van der Waals surface area contributed by atoms with Crippen molar-refractivity contribution in [3.8, 4) is 0 Å². The van der Waals surface area contributed by atoms with Crippen LogP contribution in [0.1, 0.15) is 99.3 Å². The van der Waals surface area contributed by atoms with Crippen molar-refractivity contribution in [2.45, 2.75) is 92.4 Å². The van der Waals surface area contributed by atoms with Crippen LogP contribution < -0.4 is 0 Å². The van der Waals surface area contributed by atoms with Crippen molar-refractivity contribution in [3.05, 3.63) is 170 Å². The van der Waals surface area contributed by atoms with Gasteiger partial charge in [-0.05, 0) is 109 Å². The molecule has 42 heavy (non-hydrogen) atoms. The van der Waals surface area contributed by atoms with Gasteiger partial charge >= 0.3 is 0 Å². The summed E-state index contributed by atoms with van der Waals surface area (Å²) in [6, 6.07) is 3.07. The maximum Gasteiger partial charge on any atom is 0.0629 e. The molecule has 0 saturated carbocycles. The normalized spacial score (nSPS) is 21.2. The molecule has 3 aliphatic rings. The summed E-state index contributed by atoms with van der Waals surface area (Å²) in [7, 11) is 0. The van der Waals surface area contributed by atoms with Gasteiger partial charge in [-0.3, -0.25) is 0 Å². The quantitative estimate of drug-likeness (QED) is 0.279. The van der Waals surface area contributed by atoms with Gasteiger partial charge in [0.2, 0.25) is 0 Å². The Morgan fingerprint density at radius 2 is 1.31 bits per heavy atom. The van der Waals surface area contributed by atoms with Crippen LogP contribution in [0.15, 0.2) is 170 Å². The van der Waals surface area contributed by atoms with Crippen LogP contribution in [0.25, 0.3) is 0 Å². The third-order valence-corrected chi connectivity index (χ3v) is 5.89. The highest BCUT2D eigenvalue weighted by Gasteiger charge is 2.04. The van der Waals surface area contributed by atoms with Crippen molar-refractivity contribution in [1.82, 2.24) is 0 Å². The molecular formula is C42H60. The van der Waals surface area contributed by atoms with Crippen LogP contribution in [0.3, 0.4) is 0 Å². The summed E-state index contributed by atoms with van der Waals surface area (Å²) in [4.78, 5) is 0. The standard InChI is InChI=1S/C12H16.C10H14.C8H12.C7H10.C5H8/c1-3-6-11-8-5-9-12(10-11)7-4-2;1-3-9-6-5-7-10(4-2)8-9;1-7-4-3-5-8(2)6-7;1-3-5-7-6-4-2;1-3-5-4-2/h3-4,6-7,10H,1,5,8-9H2,2H3;3-4,8H,1,5-7H2,2H3;6H,1,3-5H2,2H3;3-7H,1H2,2H3;3-5H,1H2,2H3/b7-4+,11-6+;10-4+;;6-4+,7-5+;5-4+/i10D;8D;6D;7D;5D. The molecule has 0 heterocycles. The average Bonchev–Trinajstić information content (AvgIpc) is 3.07. The van der Waals surface area contributed by atoms with Crippen LogP contribution in [0.4, 0.5) is 0 Å². The maximum absolute atomic E-state index is 7.91. The Kier molecular flexibility index (Phi) is 22.6. The zero-order chi connectivity index (χ0) is 36.2. The van der Waals surface area contributed by atoms with E-state index < -0.39 is 0 Å². The second kappa shape index (κ2) is 30.3. The fraction of sp³-hybridized carbons (Fsp3) is 0.333. The lowest BCUT2D eigenvalue weighted by Crippen LogP contribution is -1.91. The molecule has 0 radical (unpaired) electrons. The minimum atomic E-state index is 0.481. The highest BCUT2D eigenvalue weighted by Crippen LogP contribution is 2.23. The molecule has 0 N–H and O–H groups in total. The van der Waals surface area contributed by atoms with E-state index >= 15 is 0 Å². The van der Waals surface area contributed by atoms with Gasteiger partial charge in [-0.2, -0.15) is 0 Å². The first-order valence-electron chi connectivity index (χ1n) is 17.6. The summed E-state index contributed by atoms with van der Waals surface area (Å²) in [6.07, 6.45) is 31.3. The van der Waals surface area contributed by atoms with Crippen molar-refractivity contribution in [3.63, 3.8) is 0 Å². The topological polar surface area (TPSA) is 0 Å². The highest BCUT2D eigenvalue weighted by atomic mass is 14.1. The smallest absolute Gasteiger partial charge is 0.0629 e. The lowest BCUT2D eigenvalue weighted by molar-refractivity contribution is 0.786. The summed E-state index contributed by atoms with van der Waals surface area (Å²) in [6.45, 7) is 27.7. The summed E-state index contributed by atoms with van der Waals surface area (Å²) < 4.78 is 37.0. The molecule has 3 rings (SSSR count). The van der Waals surface area contributed by atoms with E-state index in [1.54, 1.807) is 30.4 Å². The zero-order valence-corrected chi connectivity index (χ0v) is 27.3. The average molecular weight is 570 g/mol. The van der Waals surface area contributed by atoms with Crippen molar-refractivity contribution in [2.24, 2.45) is 0 Å². The van der Waals surface area contributed by atoms with Crippen LogP contribution in [-0.2, 0) is 0 Å². The van der Waals surface area contributed by atoms with Crippen LogP contribution in [0.5, 0.6) is 0 Å². The van der Waals surface area contributed by atoms with Crippen LogP contribution in [0, 0.1) is 0 Å². The molecule has 0 unspecified atom stereocenters. The maximum atomic E-state index is 7.91. The molecule has 228 valence electrons. The highest BCUT2D eigenvalue weighted by molar-refractivity contribution is 5.34. The Labute approximate surface area is 268 Å². The number of hydrogen-bond acceptors (Lipinski definition) is 0. The molecule has 0 aromatic carbocycles. The van der Waals surface area contributed by atoms with Gasteiger partial charge in [0.05, 0.1) is 6.85 Å². The molecule has 0 atom stereocenters. The molecule has 0 fully saturated rings. The van der Waals surface area contributed by atoms with E-state index in [1.807, 2.05) is 71.1 Å². The van der Waals surface area contributed by atoms with E-state index in [0.29, 0.717) is 30.3 Å². The first-order chi connectivity index (χ1) is 22.4. The third kappa shape index (κ3) is 25.3. The Hall–Kier alpha value is -3.64. The Bertz CT molecular complexity index is 1320. The summed E-state index contributed by atoms with van der Waals surface area (Å²) >= 11 is 0. The molecule has 0 saturated heterocycles. The van der Waals surface area contributed by atoms with E-state index in [0.717, 1.165) is 67.2 Å². The van der Waals surface area contributed by atoms with Gasteiger partial charge in [0.25, 0.3) is 0 Å². The molecule has 0 aliphatic heterocycles. The minimum Gasteiger partial charge on any atom is -0.0991 e. The molecule has 0 nitrogen and oxygen atoms in total. The minimum absolute atomic E-state index is 0.481. The van der Waals surface area contributed by atoms with E-state index in [9.17, 15) is 0 Å². The number of rotatable bonds is 6. The molecule has 0 bridgehead atoms. The Balaban J connectivity index is 0. The summed E-state index contributed by atoms with van der Waals surface area (Å²) in [5, 5.41) is 0. The van der Waals surface area contributed by atoms with Gasteiger partial charge in [0.15, 0.2) is 0 Å². The van der Waals surface area contributed by atoms with Gasteiger partial charge in [-0.25, -0.2) is 0 Å². The Morgan fingerprint density at radius 3 is 1.79 bits per heavy atom. The second-order valence-electron chi connectivity index (χ2n) is 9.54. The fourth-order valence-corrected chi connectivity index (χ4v) is 3.90. The fourth-order valence-electron chi connectivity index (χ4n) is 3.90. The largest absolute Gasteiger partial charge is 0.0991 e. The molecule has 0 aromatic heterocycles. The Morgan fingerprint density at radius 1 is 0.667 bits per heavy atom. The van der Waals surface area contributed by atoms with Gasteiger partial charge in [-0.1, -0.05) is 153 Å². The first-order valence-corrected chi connectivity index (χ1v) is 15.1. The van der Waals surface area contributed by atoms with E-state index in [4.69, 9.17) is 6.85 Å². The lowest BCUT2D eigenvalue weighted by Gasteiger charge is -2.11. The molecule has 0 spiro atoms. The number of allylic oxidation sites excluding steroid dienone is 23. The van der Waals surface area contributed by atoms with Crippen LogP contribution in [-0.4, -0.2) is 0 Å². The molecule has 0 aromatic rings. The predicted octanol–water partition coefficient (Wildman–Crippen LogP) is 13.7. The number of hydrogen-bond donors (Lipinski definition) is 0. The van der Waals surface area contributed by atoms with Gasteiger partial charge in [0, 0.05) is 0 Å². The van der Waals surface area contributed by atoms with Crippen molar-refractivity contribution >= 4 is 0 Å². The summed E-state index contributed by atoms with van der Waals surface area (Å²) in [5.41, 5.74) is 6.76. The molecule has 0 amide bonds. The summed E-state index contributed by atoms with van der Waals surface area (Å²) in [5.74, 6) is 0. The third-order valence-electron chi connectivity index (χ3n) is 5.89. The second-order valence-corrected chi connectivity index (χ2v) is 9.54. The van der Waals surface area contributed by atoms with Crippen LogP contribution >= 0.6 is 0 Å². The lowest BCUT2D eigenvalue weighted by atomic mass is 9.95. The van der Waals surface area contributed by atoms with E-state index in [1.165, 1.54) is 30.1 Å². The first kappa shape index (κ1) is 31.3. The molecular weight excluding hydrogens is 504 g/mol. The molecule has 3 aliphatic carbocycles. The van der Waals surface area contributed by atoms with Gasteiger partial charge in [-0.15, -0.1) is 0 Å². The predicted molar refractivity (Wildman–Crippen MR) is 197 cm³/mol. The van der Waals surface area contributed by atoms with Crippen molar-refractivity contribution < 1.29 is 6.85 Å². The van der Waals surface area contributed by atoms with Crippen molar-refractivity contribution in [2.75, 3.05) is 0 Å². The zero-order valence-electron chi connectivity index (χ0n) is 32.3. The van der Waals surface area contributed by atoms with E-state index in [-0.39, 0.29) is 0 Å². The monoisotopic (exact) mass is 570 g/mol. The van der Waals surface area contributed by atoms with Crippen molar-refractivity contribution in [1.29, 1.82) is 0 Å². The van der Waals surface area contributed by atoms with Gasteiger partial charge in [0.1, 0.15) is 0 Å².